The van der Waals surface area contributed by atoms with Crippen LogP contribution in [0.25, 0.3) is 16.3 Å². The van der Waals surface area contributed by atoms with Gasteiger partial charge in [0, 0.05) is 30.9 Å². The van der Waals surface area contributed by atoms with E-state index in [-0.39, 0.29) is 0 Å². The Morgan fingerprint density at radius 1 is 0.857 bits per heavy atom. The standard InChI is InChI=1S/C30H41N2O4S.ClHO4/c1-2-32-28-5-3-4-6-29(28)37-30(32)22-24-7-8-25-9-10-27(23-26(25)21-24)31-11-13-33-15-17-35-19-20-36-18-16-34-14-12-31;2-1(3,4)5/h3-6,21-23,25H,2,7-20H2,1H3;(H,2,3,4,5)/q+1;/p-1. The van der Waals surface area contributed by atoms with Gasteiger partial charge in [-0.05, 0) is 61.8 Å². The molecule has 0 bridgehead atoms. The Bertz CT molecular complexity index is 1200. The van der Waals surface area contributed by atoms with E-state index in [1.54, 1.807) is 0 Å². The van der Waals surface area contributed by atoms with Gasteiger partial charge in [0.2, 0.25) is 5.52 Å². The number of benzene rings is 1. The van der Waals surface area contributed by atoms with Gasteiger partial charge in [-0.3, -0.25) is 0 Å². The number of hydrogen-bond donors (Lipinski definition) is 0. The third kappa shape index (κ3) is 10.7. The van der Waals surface area contributed by atoms with Crippen molar-refractivity contribution < 1.29 is 52.4 Å². The SMILES string of the molecule is CC[n+]1c(/C=C2/C=C3C=C(N4CCOCCOCCOCCOCC4)CCC3CC2)sc2ccccc21.[O-][Cl+3]([O-])([O-])[O-]. The molecule has 1 unspecified atom stereocenters. The van der Waals surface area contributed by atoms with Crippen LogP contribution < -0.4 is 23.2 Å². The summed E-state index contributed by atoms with van der Waals surface area (Å²) < 4.78 is 60.6. The fraction of sp³-hybridized carbons (Fsp3) is 0.567. The lowest BCUT2D eigenvalue weighted by Crippen LogP contribution is -2.68. The van der Waals surface area contributed by atoms with Crippen LogP contribution >= 0.6 is 11.3 Å². The lowest BCUT2D eigenvalue weighted by Gasteiger charge is -2.34. The number of aromatic nitrogens is 1. The Hall–Kier alpha value is -1.90. The molecule has 0 amide bonds. The summed E-state index contributed by atoms with van der Waals surface area (Å²) in [7, 11) is -4.94. The van der Waals surface area contributed by atoms with E-state index in [2.05, 4.69) is 58.9 Å². The van der Waals surface area contributed by atoms with Gasteiger partial charge in [-0.15, -0.1) is 10.2 Å². The van der Waals surface area contributed by atoms with Crippen molar-refractivity contribution in [2.45, 2.75) is 39.2 Å². The van der Waals surface area contributed by atoms with Gasteiger partial charge in [-0.25, -0.2) is 18.6 Å². The van der Waals surface area contributed by atoms with E-state index in [0.29, 0.717) is 58.8 Å². The first-order chi connectivity index (χ1) is 20.3. The summed E-state index contributed by atoms with van der Waals surface area (Å²) >= 11 is 1.90. The summed E-state index contributed by atoms with van der Waals surface area (Å²) in [6, 6.07) is 8.74. The molecule has 10 nitrogen and oxygen atoms in total. The number of fused-ring (bicyclic) bond motifs is 2. The van der Waals surface area contributed by atoms with E-state index < -0.39 is 10.2 Å². The predicted molar refractivity (Wildman–Crippen MR) is 149 cm³/mol. The van der Waals surface area contributed by atoms with E-state index in [1.807, 2.05) is 11.3 Å². The van der Waals surface area contributed by atoms with Crippen LogP contribution in [-0.4, -0.2) is 70.8 Å². The molecule has 3 aliphatic rings. The minimum Gasteiger partial charge on any atom is -0.377 e. The third-order valence-electron chi connectivity index (χ3n) is 7.48. The summed E-state index contributed by atoms with van der Waals surface area (Å²) in [5, 5.41) is 1.35. The molecule has 1 fully saturated rings. The molecule has 1 aromatic carbocycles. The fourth-order valence-corrected chi connectivity index (χ4v) is 6.69. The highest BCUT2D eigenvalue weighted by atomic mass is 35.7. The molecule has 12 heteroatoms. The molecular formula is C30H41ClN2O8S. The lowest BCUT2D eigenvalue weighted by atomic mass is 9.78. The molecule has 5 rings (SSSR count). The largest absolute Gasteiger partial charge is 0.377 e. The van der Waals surface area contributed by atoms with Crippen LogP contribution in [0.2, 0.25) is 0 Å². The van der Waals surface area contributed by atoms with Crippen molar-refractivity contribution in [1.82, 2.24) is 4.90 Å². The first-order valence-electron chi connectivity index (χ1n) is 14.5. The minimum absolute atomic E-state index is 0.608. The second kappa shape index (κ2) is 16.8. The van der Waals surface area contributed by atoms with Crippen LogP contribution in [0.15, 0.2) is 53.3 Å². The van der Waals surface area contributed by atoms with Crippen LogP contribution in [0.5, 0.6) is 0 Å². The second-order valence-electron chi connectivity index (χ2n) is 10.2. The zero-order valence-electron chi connectivity index (χ0n) is 24.2. The van der Waals surface area contributed by atoms with Gasteiger partial charge in [0.05, 0.1) is 52.9 Å². The molecule has 0 saturated carbocycles. The Kier molecular flexibility index (Phi) is 13.2. The molecule has 232 valence electrons. The molecule has 0 radical (unpaired) electrons. The highest BCUT2D eigenvalue weighted by Gasteiger charge is 2.26. The molecule has 1 saturated heterocycles. The molecule has 0 spiro atoms. The number of hydrogen-bond acceptors (Lipinski definition) is 10. The van der Waals surface area contributed by atoms with Crippen molar-refractivity contribution in [2.75, 3.05) is 65.9 Å². The van der Waals surface area contributed by atoms with Crippen molar-refractivity contribution in [3.8, 4) is 0 Å². The van der Waals surface area contributed by atoms with Gasteiger partial charge < -0.3 is 23.8 Å². The van der Waals surface area contributed by atoms with E-state index in [9.17, 15) is 0 Å². The first-order valence-corrected chi connectivity index (χ1v) is 16.6. The van der Waals surface area contributed by atoms with Crippen LogP contribution in [0.1, 0.15) is 37.6 Å². The molecule has 0 N–H and O–H groups in total. The minimum atomic E-state index is -4.94. The Balaban J connectivity index is 0.000000748. The summed E-state index contributed by atoms with van der Waals surface area (Å²) in [6.07, 6.45) is 12.1. The molecular weight excluding hydrogens is 584 g/mol. The van der Waals surface area contributed by atoms with Crippen LogP contribution in [0.3, 0.4) is 0 Å². The van der Waals surface area contributed by atoms with Crippen LogP contribution in [0, 0.1) is 16.2 Å². The normalized spacial score (nSPS) is 22.7. The highest BCUT2D eigenvalue weighted by molar-refractivity contribution is 7.18. The van der Waals surface area contributed by atoms with Gasteiger partial charge in [0.25, 0.3) is 5.01 Å². The van der Waals surface area contributed by atoms with E-state index >= 15 is 0 Å². The number of ether oxygens (including phenoxy) is 4. The van der Waals surface area contributed by atoms with Crippen molar-refractivity contribution in [2.24, 2.45) is 5.92 Å². The Morgan fingerprint density at radius 3 is 2.05 bits per heavy atom. The quantitative estimate of drug-likeness (QED) is 0.440. The Labute approximate surface area is 253 Å². The number of aryl methyl sites for hydroxylation is 1. The molecule has 2 aliphatic carbocycles. The number of thiazole rings is 1. The topological polar surface area (TPSA) is 136 Å². The van der Waals surface area contributed by atoms with E-state index in [0.717, 1.165) is 32.5 Å². The molecule has 2 aromatic rings. The molecule has 1 aromatic heterocycles. The fourth-order valence-electron chi connectivity index (χ4n) is 5.49. The maximum Gasteiger partial charge on any atom is 0.263 e. The highest BCUT2D eigenvalue weighted by Crippen LogP contribution is 2.39. The maximum absolute atomic E-state index is 8.49. The molecule has 42 heavy (non-hydrogen) atoms. The number of rotatable bonds is 3. The first kappa shape index (κ1) is 33.0. The predicted octanol–water partition coefficient (Wildman–Crippen LogP) is 0.232. The van der Waals surface area contributed by atoms with Crippen molar-refractivity contribution >= 4 is 27.6 Å². The van der Waals surface area contributed by atoms with Crippen LogP contribution in [-0.2, 0) is 25.5 Å². The van der Waals surface area contributed by atoms with Crippen molar-refractivity contribution in [3.05, 3.63) is 58.3 Å². The van der Waals surface area contributed by atoms with Crippen molar-refractivity contribution in [3.63, 3.8) is 0 Å². The summed E-state index contributed by atoms with van der Waals surface area (Å²) in [5.74, 6) is 0.673. The average molecular weight is 625 g/mol. The maximum atomic E-state index is 8.49. The van der Waals surface area contributed by atoms with Crippen LogP contribution in [0.4, 0.5) is 0 Å². The second-order valence-corrected chi connectivity index (χ2v) is 12.1. The zero-order chi connectivity index (χ0) is 29.8. The van der Waals surface area contributed by atoms with Crippen molar-refractivity contribution in [1.29, 1.82) is 0 Å². The Morgan fingerprint density at radius 2 is 1.43 bits per heavy atom. The van der Waals surface area contributed by atoms with Gasteiger partial charge in [0.1, 0.15) is 11.2 Å². The molecule has 1 aliphatic heterocycles. The number of halogens is 1. The van der Waals surface area contributed by atoms with Gasteiger partial charge >= 0.3 is 0 Å². The summed E-state index contributed by atoms with van der Waals surface area (Å²) in [6.45, 7) is 10.1. The summed E-state index contributed by atoms with van der Waals surface area (Å²) in [4.78, 5) is 2.47. The zero-order valence-corrected chi connectivity index (χ0v) is 25.7. The van der Waals surface area contributed by atoms with Gasteiger partial charge in [0.15, 0.2) is 0 Å². The lowest BCUT2D eigenvalue weighted by molar-refractivity contribution is -2.00. The van der Waals surface area contributed by atoms with E-state index in [1.165, 1.54) is 44.9 Å². The smallest absolute Gasteiger partial charge is 0.263 e. The number of para-hydroxylation sites is 1. The molecule has 1 atom stereocenters. The third-order valence-corrected chi connectivity index (χ3v) is 8.59. The number of allylic oxidation sites excluding steroid dienone is 5. The van der Waals surface area contributed by atoms with Gasteiger partial charge in [-0.1, -0.05) is 29.5 Å². The average Bonchev–Trinajstić information content (AvgIpc) is 3.30. The monoisotopic (exact) mass is 624 g/mol. The van der Waals surface area contributed by atoms with E-state index in [4.69, 9.17) is 37.6 Å². The number of nitrogens with zero attached hydrogens (tertiary/aromatic N) is 2. The van der Waals surface area contributed by atoms with Gasteiger partial charge in [-0.2, -0.15) is 4.57 Å². The summed E-state index contributed by atoms with van der Waals surface area (Å²) in [5.41, 5.74) is 5.68. The molecule has 2 heterocycles.